The van der Waals surface area contributed by atoms with Crippen LogP contribution >= 0.6 is 0 Å². The molecule has 1 aromatic heterocycles. The first-order chi connectivity index (χ1) is 19.9. The summed E-state index contributed by atoms with van der Waals surface area (Å²) in [7, 11) is 0. The van der Waals surface area contributed by atoms with Crippen LogP contribution in [0.4, 0.5) is 29.3 Å². The van der Waals surface area contributed by atoms with Crippen molar-refractivity contribution in [1.82, 2.24) is 15.3 Å². The Hall–Kier alpha value is -2.66. The molecule has 2 bridgehead atoms. The zero-order valence-corrected chi connectivity index (χ0v) is 24.4. The Bertz CT molecular complexity index is 1180. The lowest BCUT2D eigenvalue weighted by Crippen LogP contribution is -2.51. The predicted molar refractivity (Wildman–Crippen MR) is 153 cm³/mol. The summed E-state index contributed by atoms with van der Waals surface area (Å²) in [4.78, 5) is 8.23. The van der Waals surface area contributed by atoms with E-state index in [0.29, 0.717) is 42.2 Å². The molecule has 232 valence electrons. The Morgan fingerprint density at radius 3 is 2.55 bits per heavy atom. The molecule has 2 aromatic rings. The number of nitrogens with zero attached hydrogens (tertiary/aromatic N) is 2. The number of alkyl halides is 3. The summed E-state index contributed by atoms with van der Waals surface area (Å²) >= 11 is 0. The van der Waals surface area contributed by atoms with Gasteiger partial charge in [0.2, 0.25) is 5.95 Å². The van der Waals surface area contributed by atoms with Crippen LogP contribution in [-0.4, -0.2) is 46.2 Å². The number of hydrogen-bond acceptors (Lipinski definition) is 7. The Morgan fingerprint density at radius 2 is 1.79 bits per heavy atom. The summed E-state index contributed by atoms with van der Waals surface area (Å²) in [6, 6.07) is 6.30. The fourth-order valence-corrected chi connectivity index (χ4v) is 7.45. The minimum absolute atomic E-state index is 0.0178. The van der Waals surface area contributed by atoms with E-state index in [-0.39, 0.29) is 29.6 Å². The number of anilines is 2. The lowest BCUT2D eigenvalue weighted by Gasteiger charge is -2.48. The van der Waals surface area contributed by atoms with Crippen LogP contribution in [0.15, 0.2) is 30.5 Å². The highest BCUT2D eigenvalue weighted by molar-refractivity contribution is 5.43. The van der Waals surface area contributed by atoms with Gasteiger partial charge < -0.3 is 25.8 Å². The molecular formula is C31H43F4N5O2. The maximum Gasteiger partial charge on any atom is 0.573 e. The fraction of sp³-hybridized carbons (Fsp3) is 0.677. The van der Waals surface area contributed by atoms with Crippen LogP contribution < -0.4 is 20.7 Å². The Labute approximate surface area is 245 Å². The molecule has 3 saturated carbocycles. The molecule has 5 atom stereocenters. The summed E-state index contributed by atoms with van der Waals surface area (Å²) in [6.45, 7) is 5.89. The number of hydrogen-bond donors (Lipinski definition) is 4. The van der Waals surface area contributed by atoms with Gasteiger partial charge in [-0.05, 0) is 100 Å². The van der Waals surface area contributed by atoms with Crippen LogP contribution in [0, 0.1) is 35.4 Å². The molecule has 4 N–H and O–H groups in total. The standard InChI is InChI=1S/C31H43F4N5O2/c1-19-11-21-12-22(14-24(13-21)27(19)36-15-20-7-9-30(2,41)10-8-20)16-37-28-25(32)18-39-29(40-28)38-17-23-5-3-4-6-26(23)42-31(33,34)35/h3-6,18-22,24,27,36,41H,7-17H2,1-2H3,(H2,37,38,39,40)/t19-,20?,21?,22-,24-,27+,30?/m1/s1. The van der Waals surface area contributed by atoms with Crippen LogP contribution in [0.25, 0.3) is 0 Å². The second-order valence-corrected chi connectivity index (χ2v) is 13.1. The van der Waals surface area contributed by atoms with Crippen molar-refractivity contribution >= 4 is 11.8 Å². The van der Waals surface area contributed by atoms with Crippen molar-refractivity contribution in [3.05, 3.63) is 41.8 Å². The van der Waals surface area contributed by atoms with Crippen LogP contribution in [0.3, 0.4) is 0 Å². The molecule has 42 heavy (non-hydrogen) atoms. The maximum atomic E-state index is 14.6. The molecule has 7 nitrogen and oxygen atoms in total. The van der Waals surface area contributed by atoms with E-state index in [0.717, 1.165) is 51.3 Å². The average molecular weight is 594 g/mol. The van der Waals surface area contributed by atoms with Crippen molar-refractivity contribution in [3.8, 4) is 5.75 Å². The molecule has 0 amide bonds. The van der Waals surface area contributed by atoms with E-state index < -0.39 is 17.8 Å². The molecule has 0 spiro atoms. The predicted octanol–water partition coefficient (Wildman–Crippen LogP) is 6.51. The molecule has 1 heterocycles. The van der Waals surface area contributed by atoms with Gasteiger partial charge in [0.05, 0.1) is 11.8 Å². The van der Waals surface area contributed by atoms with Gasteiger partial charge in [0.25, 0.3) is 0 Å². The summed E-state index contributed by atoms with van der Waals surface area (Å²) < 4.78 is 57.0. The Morgan fingerprint density at radius 1 is 1.02 bits per heavy atom. The van der Waals surface area contributed by atoms with Gasteiger partial charge in [-0.2, -0.15) is 4.98 Å². The minimum Gasteiger partial charge on any atom is -0.405 e. The van der Waals surface area contributed by atoms with Crippen molar-refractivity contribution in [2.45, 2.75) is 89.8 Å². The number of rotatable bonds is 10. The number of aliphatic hydroxyl groups is 1. The number of benzene rings is 1. The van der Waals surface area contributed by atoms with Crippen molar-refractivity contribution in [1.29, 1.82) is 0 Å². The third-order valence-electron chi connectivity index (χ3n) is 9.53. The van der Waals surface area contributed by atoms with Gasteiger partial charge in [0, 0.05) is 24.7 Å². The van der Waals surface area contributed by atoms with Gasteiger partial charge in [-0.15, -0.1) is 13.2 Å². The quantitative estimate of drug-likeness (QED) is 0.234. The molecule has 0 aliphatic heterocycles. The highest BCUT2D eigenvalue weighted by Crippen LogP contribution is 2.45. The van der Waals surface area contributed by atoms with Crippen LogP contribution in [-0.2, 0) is 6.54 Å². The highest BCUT2D eigenvalue weighted by atomic mass is 19.4. The normalized spacial score (nSPS) is 31.4. The molecule has 1 unspecified atom stereocenters. The molecule has 3 aliphatic rings. The van der Waals surface area contributed by atoms with Gasteiger partial charge in [-0.3, -0.25) is 0 Å². The molecule has 11 heteroatoms. The van der Waals surface area contributed by atoms with E-state index in [1.54, 1.807) is 6.07 Å². The first kappa shape index (κ1) is 30.8. The zero-order valence-electron chi connectivity index (χ0n) is 24.4. The van der Waals surface area contributed by atoms with Gasteiger partial charge in [0.15, 0.2) is 11.6 Å². The van der Waals surface area contributed by atoms with E-state index in [9.17, 15) is 22.7 Å². The molecule has 1 aromatic carbocycles. The average Bonchev–Trinajstić information content (AvgIpc) is 2.92. The van der Waals surface area contributed by atoms with Crippen molar-refractivity contribution in [2.75, 3.05) is 23.7 Å². The second-order valence-electron chi connectivity index (χ2n) is 13.1. The topological polar surface area (TPSA) is 91.3 Å². The third kappa shape index (κ3) is 8.24. The number of ether oxygens (including phenoxy) is 1. The van der Waals surface area contributed by atoms with E-state index in [2.05, 4.69) is 37.6 Å². The fourth-order valence-electron chi connectivity index (χ4n) is 7.45. The van der Waals surface area contributed by atoms with Gasteiger partial charge in [-0.1, -0.05) is 25.1 Å². The SMILES string of the molecule is C[C@@H]1CC2C[C@@H](CNc3nc(NCc4ccccc4OC(F)(F)F)ncc3F)C[C@@H](C2)[C@H]1NCC1CCC(C)(O)CC1. The van der Waals surface area contributed by atoms with Gasteiger partial charge >= 0.3 is 6.36 Å². The molecule has 3 aliphatic carbocycles. The van der Waals surface area contributed by atoms with E-state index in [1.165, 1.54) is 31.0 Å². The Kier molecular flexibility index (Phi) is 9.47. The van der Waals surface area contributed by atoms with Crippen LogP contribution in [0.5, 0.6) is 5.75 Å². The van der Waals surface area contributed by atoms with Crippen molar-refractivity contribution < 1.29 is 27.4 Å². The summed E-state index contributed by atoms with van der Waals surface area (Å²) in [5, 5.41) is 20.3. The van der Waals surface area contributed by atoms with E-state index in [4.69, 9.17) is 0 Å². The zero-order chi connectivity index (χ0) is 29.9. The minimum atomic E-state index is -4.80. The number of fused-ring (bicyclic) bond motifs is 2. The number of halogens is 4. The second kappa shape index (κ2) is 12.9. The van der Waals surface area contributed by atoms with Crippen molar-refractivity contribution in [3.63, 3.8) is 0 Å². The molecule has 3 fully saturated rings. The largest absolute Gasteiger partial charge is 0.573 e. The monoisotopic (exact) mass is 593 g/mol. The smallest absolute Gasteiger partial charge is 0.405 e. The number of nitrogens with one attached hydrogen (secondary N) is 3. The van der Waals surface area contributed by atoms with E-state index >= 15 is 0 Å². The molecule has 0 saturated heterocycles. The van der Waals surface area contributed by atoms with Crippen molar-refractivity contribution in [2.24, 2.45) is 29.6 Å². The Balaban J connectivity index is 1.14. The number of aromatic nitrogens is 2. The molecule has 0 radical (unpaired) electrons. The third-order valence-corrected chi connectivity index (χ3v) is 9.53. The van der Waals surface area contributed by atoms with Gasteiger partial charge in [0.1, 0.15) is 5.75 Å². The molecular weight excluding hydrogens is 550 g/mol. The highest BCUT2D eigenvalue weighted by Gasteiger charge is 2.41. The number of para-hydroxylation sites is 1. The van der Waals surface area contributed by atoms with Crippen LogP contribution in [0.2, 0.25) is 0 Å². The summed E-state index contributed by atoms with van der Waals surface area (Å²) in [6.07, 6.45) is 4.73. The van der Waals surface area contributed by atoms with E-state index in [1.807, 2.05) is 6.92 Å². The molecule has 5 rings (SSSR count). The van der Waals surface area contributed by atoms with Gasteiger partial charge in [-0.25, -0.2) is 9.37 Å². The first-order valence-electron chi connectivity index (χ1n) is 15.2. The lowest BCUT2D eigenvalue weighted by atomic mass is 9.62. The maximum absolute atomic E-state index is 14.6. The summed E-state index contributed by atoms with van der Waals surface area (Å²) in [5.74, 6) is 2.19. The summed E-state index contributed by atoms with van der Waals surface area (Å²) in [5.41, 5.74) is -0.235. The van der Waals surface area contributed by atoms with Crippen LogP contribution in [0.1, 0.15) is 70.8 Å². The first-order valence-corrected chi connectivity index (χ1v) is 15.2. The lowest BCUT2D eigenvalue weighted by molar-refractivity contribution is -0.274.